The van der Waals surface area contributed by atoms with Crippen molar-refractivity contribution in [1.82, 2.24) is 0 Å². The van der Waals surface area contributed by atoms with E-state index in [1.807, 2.05) is 24.3 Å². The van der Waals surface area contributed by atoms with Crippen molar-refractivity contribution in [2.75, 3.05) is 6.61 Å². The van der Waals surface area contributed by atoms with Crippen molar-refractivity contribution in [3.05, 3.63) is 65.7 Å². The Labute approximate surface area is 143 Å². The first-order valence-electron chi connectivity index (χ1n) is 8.61. The van der Waals surface area contributed by atoms with Crippen molar-refractivity contribution < 1.29 is 14.6 Å². The van der Waals surface area contributed by atoms with Crippen LogP contribution in [0.4, 0.5) is 0 Å². The van der Waals surface area contributed by atoms with Crippen LogP contribution in [0.1, 0.15) is 36.8 Å². The van der Waals surface area contributed by atoms with E-state index in [9.17, 15) is 4.79 Å². The van der Waals surface area contributed by atoms with Crippen LogP contribution in [0.15, 0.2) is 54.6 Å². The van der Waals surface area contributed by atoms with Gasteiger partial charge in [-0.05, 0) is 54.4 Å². The molecule has 3 rings (SSSR count). The lowest BCUT2D eigenvalue weighted by atomic mass is 9.72. The van der Waals surface area contributed by atoms with E-state index in [1.54, 1.807) is 6.92 Å². The lowest BCUT2D eigenvalue weighted by Gasteiger charge is -2.35. The number of hydrogen-bond acceptors (Lipinski definition) is 2. The van der Waals surface area contributed by atoms with E-state index in [1.165, 1.54) is 18.4 Å². The fourth-order valence-corrected chi connectivity index (χ4v) is 3.29. The number of carbonyl (C=O) groups is 1. The normalized spacial score (nSPS) is 20.9. The first-order chi connectivity index (χ1) is 11.6. The van der Waals surface area contributed by atoms with Crippen LogP contribution in [0.25, 0.3) is 0 Å². The van der Waals surface area contributed by atoms with Crippen LogP contribution < -0.4 is 4.74 Å². The number of aliphatic carboxylic acids is 1. The number of rotatable bonds is 7. The smallest absolute Gasteiger partial charge is 0.306 e. The molecule has 1 fully saturated rings. The number of benzene rings is 2. The monoisotopic (exact) mass is 324 g/mol. The minimum Gasteiger partial charge on any atom is -0.493 e. The van der Waals surface area contributed by atoms with E-state index in [4.69, 9.17) is 9.84 Å². The molecule has 3 nitrogen and oxygen atoms in total. The number of ether oxygens (including phenoxy) is 1. The zero-order chi connectivity index (χ0) is 16.9. The molecule has 1 saturated carbocycles. The quantitative estimate of drug-likeness (QED) is 0.814. The largest absolute Gasteiger partial charge is 0.493 e. The Hall–Kier alpha value is -2.29. The van der Waals surface area contributed by atoms with Crippen LogP contribution >= 0.6 is 0 Å². The van der Waals surface area contributed by atoms with Gasteiger partial charge in [0.2, 0.25) is 0 Å². The molecular weight excluding hydrogens is 300 g/mol. The van der Waals surface area contributed by atoms with Gasteiger partial charge in [0.05, 0.1) is 12.5 Å². The third-order valence-electron chi connectivity index (χ3n) is 4.85. The summed E-state index contributed by atoms with van der Waals surface area (Å²) < 4.78 is 5.93. The molecule has 2 aromatic rings. The van der Waals surface area contributed by atoms with Gasteiger partial charge in [-0.3, -0.25) is 4.79 Å². The molecule has 0 spiro atoms. The Morgan fingerprint density at radius 1 is 1.17 bits per heavy atom. The second-order valence-corrected chi connectivity index (χ2v) is 6.85. The molecular formula is C21H24O3. The standard InChI is InChI=1S/C21H24O3/c1-15(21(22)23)10-16-6-5-9-20(13-16)24-14-17-11-19(12-17)18-7-3-2-4-8-18/h2-9,13,15,17,19H,10-12,14H2,1H3,(H,22,23). The number of carboxylic acids is 1. The SMILES string of the molecule is CC(Cc1cccc(OCC2CC(c3ccccc3)C2)c1)C(=O)O. The third kappa shape index (κ3) is 4.16. The Bertz CT molecular complexity index is 674. The molecule has 0 saturated heterocycles. The first-order valence-corrected chi connectivity index (χ1v) is 8.61. The molecule has 0 amide bonds. The molecule has 1 N–H and O–H groups in total. The van der Waals surface area contributed by atoms with E-state index < -0.39 is 5.97 Å². The molecule has 1 aliphatic rings. The zero-order valence-corrected chi connectivity index (χ0v) is 14.0. The molecule has 0 bridgehead atoms. The van der Waals surface area contributed by atoms with Gasteiger partial charge in [-0.15, -0.1) is 0 Å². The van der Waals surface area contributed by atoms with E-state index in [-0.39, 0.29) is 5.92 Å². The summed E-state index contributed by atoms with van der Waals surface area (Å²) in [7, 11) is 0. The van der Waals surface area contributed by atoms with Crippen molar-refractivity contribution in [3.63, 3.8) is 0 Å². The highest BCUT2D eigenvalue weighted by Crippen LogP contribution is 2.41. The maximum Gasteiger partial charge on any atom is 0.306 e. The molecule has 0 radical (unpaired) electrons. The van der Waals surface area contributed by atoms with Gasteiger partial charge in [0.1, 0.15) is 5.75 Å². The van der Waals surface area contributed by atoms with E-state index >= 15 is 0 Å². The molecule has 1 aliphatic carbocycles. The summed E-state index contributed by atoms with van der Waals surface area (Å²) in [5, 5.41) is 9.02. The van der Waals surface area contributed by atoms with Gasteiger partial charge in [0, 0.05) is 0 Å². The van der Waals surface area contributed by atoms with E-state index in [0.717, 1.165) is 17.9 Å². The second kappa shape index (κ2) is 7.52. The van der Waals surface area contributed by atoms with Crippen LogP contribution in [0.2, 0.25) is 0 Å². The van der Waals surface area contributed by atoms with Crippen molar-refractivity contribution in [1.29, 1.82) is 0 Å². The number of carboxylic acid groups (broad SMARTS) is 1. The van der Waals surface area contributed by atoms with Crippen LogP contribution in [0, 0.1) is 11.8 Å². The van der Waals surface area contributed by atoms with Gasteiger partial charge in [-0.2, -0.15) is 0 Å². The van der Waals surface area contributed by atoms with Gasteiger partial charge >= 0.3 is 5.97 Å². The van der Waals surface area contributed by atoms with Crippen molar-refractivity contribution in [2.45, 2.75) is 32.1 Å². The summed E-state index contributed by atoms with van der Waals surface area (Å²) in [4.78, 5) is 11.0. The molecule has 1 atom stereocenters. The summed E-state index contributed by atoms with van der Waals surface area (Å²) in [5.74, 6) is 0.980. The highest BCUT2D eigenvalue weighted by molar-refractivity contribution is 5.69. The highest BCUT2D eigenvalue weighted by atomic mass is 16.5. The topological polar surface area (TPSA) is 46.5 Å². The third-order valence-corrected chi connectivity index (χ3v) is 4.85. The van der Waals surface area contributed by atoms with E-state index in [0.29, 0.717) is 18.3 Å². The lowest BCUT2D eigenvalue weighted by Crippen LogP contribution is -2.27. The van der Waals surface area contributed by atoms with E-state index in [2.05, 4.69) is 30.3 Å². The Morgan fingerprint density at radius 3 is 2.62 bits per heavy atom. The molecule has 24 heavy (non-hydrogen) atoms. The Morgan fingerprint density at radius 2 is 1.92 bits per heavy atom. The van der Waals surface area contributed by atoms with Gasteiger partial charge in [0.25, 0.3) is 0 Å². The minimum absolute atomic E-state index is 0.376. The van der Waals surface area contributed by atoms with Crippen LogP contribution in [-0.4, -0.2) is 17.7 Å². The summed E-state index contributed by atoms with van der Waals surface area (Å²) in [5.41, 5.74) is 2.44. The van der Waals surface area contributed by atoms with Crippen LogP contribution in [0.3, 0.4) is 0 Å². The van der Waals surface area contributed by atoms with Crippen molar-refractivity contribution >= 4 is 5.97 Å². The van der Waals surface area contributed by atoms with Gasteiger partial charge < -0.3 is 9.84 Å². The molecule has 2 aromatic carbocycles. The fraction of sp³-hybridized carbons (Fsp3) is 0.381. The average molecular weight is 324 g/mol. The van der Waals surface area contributed by atoms with Crippen LogP contribution in [-0.2, 0) is 11.2 Å². The lowest BCUT2D eigenvalue weighted by molar-refractivity contribution is -0.141. The van der Waals surface area contributed by atoms with Crippen molar-refractivity contribution in [2.24, 2.45) is 11.8 Å². The highest BCUT2D eigenvalue weighted by Gasteiger charge is 2.30. The summed E-state index contributed by atoms with van der Waals surface area (Å²) in [6.45, 7) is 2.47. The Kier molecular flexibility index (Phi) is 5.19. The summed E-state index contributed by atoms with van der Waals surface area (Å²) in [6.07, 6.45) is 2.89. The molecule has 3 heteroatoms. The second-order valence-electron chi connectivity index (χ2n) is 6.85. The first kappa shape index (κ1) is 16.6. The fourth-order valence-electron chi connectivity index (χ4n) is 3.29. The average Bonchev–Trinajstić information content (AvgIpc) is 2.54. The van der Waals surface area contributed by atoms with Gasteiger partial charge in [-0.1, -0.05) is 49.4 Å². The molecule has 1 unspecified atom stereocenters. The predicted octanol–water partition coefficient (Wildman–Crippen LogP) is 4.52. The maximum atomic E-state index is 11.0. The molecule has 0 aliphatic heterocycles. The minimum atomic E-state index is -0.761. The molecule has 0 aromatic heterocycles. The van der Waals surface area contributed by atoms with Crippen molar-refractivity contribution in [3.8, 4) is 5.75 Å². The van der Waals surface area contributed by atoms with Gasteiger partial charge in [0.15, 0.2) is 0 Å². The number of hydrogen-bond donors (Lipinski definition) is 1. The van der Waals surface area contributed by atoms with Crippen LogP contribution in [0.5, 0.6) is 5.75 Å². The zero-order valence-electron chi connectivity index (χ0n) is 14.0. The molecule has 0 heterocycles. The predicted molar refractivity (Wildman–Crippen MR) is 94.3 cm³/mol. The Balaban J connectivity index is 1.47. The maximum absolute atomic E-state index is 11.0. The van der Waals surface area contributed by atoms with Gasteiger partial charge in [-0.25, -0.2) is 0 Å². The summed E-state index contributed by atoms with van der Waals surface area (Å²) >= 11 is 0. The molecule has 126 valence electrons. The summed E-state index contributed by atoms with van der Waals surface area (Å²) in [6, 6.07) is 18.5.